The van der Waals surface area contributed by atoms with Crippen LogP contribution in [0.15, 0.2) is 34.9 Å². The van der Waals surface area contributed by atoms with Crippen LogP contribution in [0.2, 0.25) is 0 Å². The molecule has 94 valence electrons. The van der Waals surface area contributed by atoms with E-state index >= 15 is 0 Å². The van der Waals surface area contributed by atoms with E-state index < -0.39 is 0 Å². The summed E-state index contributed by atoms with van der Waals surface area (Å²) in [6.45, 7) is 0.454. The fraction of sp³-hybridized carbons (Fsp3) is 0.357. The Morgan fingerprint density at radius 1 is 1.28 bits per heavy atom. The zero-order valence-electron chi connectivity index (χ0n) is 10.2. The first-order chi connectivity index (χ1) is 8.78. The number of hydrogen-bond acceptors (Lipinski definition) is 4. The first kappa shape index (κ1) is 11.4. The van der Waals surface area contributed by atoms with E-state index in [0.717, 1.165) is 22.6 Å². The molecule has 2 aromatic rings. The van der Waals surface area contributed by atoms with Crippen LogP contribution >= 0.6 is 0 Å². The topological polar surface area (TPSA) is 78.1 Å². The Hall–Kier alpha value is -1.65. The van der Waals surface area contributed by atoms with E-state index in [0.29, 0.717) is 12.5 Å². The molecule has 1 aliphatic carbocycles. The normalized spacial score (nSPS) is 16.8. The van der Waals surface area contributed by atoms with Gasteiger partial charge in [0, 0.05) is 30.1 Å². The van der Waals surface area contributed by atoms with Gasteiger partial charge < -0.3 is 16.0 Å². The molecule has 1 aliphatic rings. The molecule has 1 saturated carbocycles. The van der Waals surface area contributed by atoms with Gasteiger partial charge in [-0.25, -0.2) is 0 Å². The van der Waals surface area contributed by atoms with E-state index in [9.17, 15) is 0 Å². The summed E-state index contributed by atoms with van der Waals surface area (Å²) < 4.78 is 5.35. The van der Waals surface area contributed by atoms with Gasteiger partial charge in [0.25, 0.3) is 0 Å². The SMILES string of the molecule is NCC(N)c1ccc(-c2cc(C3CC3)on2)cc1. The van der Waals surface area contributed by atoms with Crippen molar-refractivity contribution in [1.82, 2.24) is 5.16 Å². The van der Waals surface area contributed by atoms with Crippen LogP contribution in [0.1, 0.15) is 36.1 Å². The van der Waals surface area contributed by atoms with Gasteiger partial charge in [0.05, 0.1) is 0 Å². The predicted molar refractivity (Wildman–Crippen MR) is 69.9 cm³/mol. The van der Waals surface area contributed by atoms with Gasteiger partial charge >= 0.3 is 0 Å². The van der Waals surface area contributed by atoms with Crippen molar-refractivity contribution in [2.75, 3.05) is 6.54 Å². The van der Waals surface area contributed by atoms with Crippen molar-refractivity contribution >= 4 is 0 Å². The molecule has 0 spiro atoms. The summed E-state index contributed by atoms with van der Waals surface area (Å²) in [5, 5.41) is 4.11. The summed E-state index contributed by atoms with van der Waals surface area (Å²) in [7, 11) is 0. The Balaban J connectivity index is 1.82. The number of hydrogen-bond donors (Lipinski definition) is 2. The van der Waals surface area contributed by atoms with Crippen molar-refractivity contribution in [2.24, 2.45) is 11.5 Å². The van der Waals surface area contributed by atoms with E-state index in [1.807, 2.05) is 30.3 Å². The number of nitrogens with zero attached hydrogens (tertiary/aromatic N) is 1. The van der Waals surface area contributed by atoms with Gasteiger partial charge in [-0.1, -0.05) is 29.4 Å². The summed E-state index contributed by atoms with van der Waals surface area (Å²) in [5.41, 5.74) is 14.4. The third-order valence-electron chi connectivity index (χ3n) is 3.40. The highest BCUT2D eigenvalue weighted by Gasteiger charge is 2.27. The molecule has 18 heavy (non-hydrogen) atoms. The summed E-state index contributed by atoms with van der Waals surface area (Å²) in [4.78, 5) is 0. The Morgan fingerprint density at radius 3 is 2.61 bits per heavy atom. The standard InChI is InChI=1S/C14H17N3O/c15-8-12(16)9-1-3-10(4-2-9)13-7-14(18-17-13)11-5-6-11/h1-4,7,11-12H,5-6,8,15-16H2. The highest BCUT2D eigenvalue weighted by Crippen LogP contribution is 2.41. The summed E-state index contributed by atoms with van der Waals surface area (Å²) in [6.07, 6.45) is 2.44. The lowest BCUT2D eigenvalue weighted by Crippen LogP contribution is -2.20. The second kappa shape index (κ2) is 4.55. The Morgan fingerprint density at radius 2 is 2.00 bits per heavy atom. The van der Waals surface area contributed by atoms with Crippen molar-refractivity contribution in [1.29, 1.82) is 0 Å². The minimum Gasteiger partial charge on any atom is -0.360 e. The molecule has 0 radical (unpaired) electrons. The van der Waals surface area contributed by atoms with Crippen molar-refractivity contribution in [3.8, 4) is 11.3 Å². The van der Waals surface area contributed by atoms with Gasteiger partial charge in [0.1, 0.15) is 11.5 Å². The van der Waals surface area contributed by atoms with E-state index in [1.54, 1.807) is 0 Å². The number of aromatic nitrogens is 1. The molecule has 1 unspecified atom stereocenters. The van der Waals surface area contributed by atoms with Gasteiger partial charge in [0.15, 0.2) is 0 Å². The van der Waals surface area contributed by atoms with Gasteiger partial charge in [-0.2, -0.15) is 0 Å². The fourth-order valence-corrected chi connectivity index (χ4v) is 2.02. The van der Waals surface area contributed by atoms with E-state index in [2.05, 4.69) is 5.16 Å². The molecule has 1 heterocycles. The second-order valence-electron chi connectivity index (χ2n) is 4.85. The maximum Gasteiger partial charge on any atom is 0.140 e. The molecule has 4 nitrogen and oxygen atoms in total. The van der Waals surface area contributed by atoms with Crippen molar-refractivity contribution in [3.63, 3.8) is 0 Å². The molecule has 4 N–H and O–H groups in total. The number of nitrogens with two attached hydrogens (primary N) is 2. The Labute approximate surface area is 106 Å². The van der Waals surface area contributed by atoms with Crippen LogP contribution in [-0.4, -0.2) is 11.7 Å². The second-order valence-corrected chi connectivity index (χ2v) is 4.85. The van der Waals surface area contributed by atoms with Crippen LogP contribution in [0.25, 0.3) is 11.3 Å². The molecule has 0 bridgehead atoms. The molecular formula is C14H17N3O. The quantitative estimate of drug-likeness (QED) is 0.862. The average Bonchev–Trinajstić information content (AvgIpc) is 3.16. The fourth-order valence-electron chi connectivity index (χ4n) is 2.02. The molecule has 1 atom stereocenters. The zero-order chi connectivity index (χ0) is 12.5. The average molecular weight is 243 g/mol. The van der Waals surface area contributed by atoms with Crippen molar-refractivity contribution in [2.45, 2.75) is 24.8 Å². The lowest BCUT2D eigenvalue weighted by atomic mass is 10.0. The van der Waals surface area contributed by atoms with E-state index in [1.165, 1.54) is 12.8 Å². The lowest BCUT2D eigenvalue weighted by Gasteiger charge is -2.08. The molecule has 1 fully saturated rings. The number of rotatable bonds is 4. The largest absolute Gasteiger partial charge is 0.360 e. The molecule has 3 rings (SSSR count). The van der Waals surface area contributed by atoms with Gasteiger partial charge in [-0.05, 0) is 18.4 Å². The lowest BCUT2D eigenvalue weighted by molar-refractivity contribution is 0.386. The van der Waals surface area contributed by atoms with Crippen LogP contribution < -0.4 is 11.5 Å². The van der Waals surface area contributed by atoms with Crippen LogP contribution in [0, 0.1) is 0 Å². The minimum atomic E-state index is -0.0987. The maximum atomic E-state index is 5.88. The van der Waals surface area contributed by atoms with Crippen LogP contribution in [0.3, 0.4) is 0 Å². The van der Waals surface area contributed by atoms with Gasteiger partial charge in [-0.15, -0.1) is 0 Å². The third-order valence-corrected chi connectivity index (χ3v) is 3.40. The highest BCUT2D eigenvalue weighted by molar-refractivity contribution is 5.59. The minimum absolute atomic E-state index is 0.0987. The molecule has 1 aromatic heterocycles. The van der Waals surface area contributed by atoms with E-state index in [4.69, 9.17) is 16.0 Å². The zero-order valence-corrected chi connectivity index (χ0v) is 10.2. The van der Waals surface area contributed by atoms with Crippen molar-refractivity contribution in [3.05, 3.63) is 41.7 Å². The third kappa shape index (κ3) is 2.17. The Bertz CT molecular complexity index is 528. The first-order valence-corrected chi connectivity index (χ1v) is 6.30. The monoisotopic (exact) mass is 243 g/mol. The molecule has 1 aromatic carbocycles. The Kier molecular flexibility index (Phi) is 2.89. The van der Waals surface area contributed by atoms with Crippen LogP contribution in [0.4, 0.5) is 0 Å². The highest BCUT2D eigenvalue weighted by atomic mass is 16.5. The van der Waals surface area contributed by atoms with E-state index in [-0.39, 0.29) is 6.04 Å². The smallest absolute Gasteiger partial charge is 0.140 e. The molecule has 4 heteroatoms. The molecule has 0 saturated heterocycles. The van der Waals surface area contributed by atoms with Gasteiger partial charge in [-0.3, -0.25) is 0 Å². The summed E-state index contributed by atoms with van der Waals surface area (Å²) >= 11 is 0. The summed E-state index contributed by atoms with van der Waals surface area (Å²) in [6, 6.07) is 9.96. The molecular weight excluding hydrogens is 226 g/mol. The van der Waals surface area contributed by atoms with Crippen molar-refractivity contribution < 1.29 is 4.52 Å². The van der Waals surface area contributed by atoms with Crippen LogP contribution in [0.5, 0.6) is 0 Å². The van der Waals surface area contributed by atoms with Gasteiger partial charge in [0.2, 0.25) is 0 Å². The van der Waals surface area contributed by atoms with Crippen LogP contribution in [-0.2, 0) is 0 Å². The summed E-state index contributed by atoms with van der Waals surface area (Å²) in [5.74, 6) is 1.60. The predicted octanol–water partition coefficient (Wildman–Crippen LogP) is 2.18. The number of benzene rings is 1. The maximum absolute atomic E-state index is 5.88. The molecule has 0 aliphatic heterocycles. The first-order valence-electron chi connectivity index (χ1n) is 6.30. The molecule has 0 amide bonds.